The summed E-state index contributed by atoms with van der Waals surface area (Å²) >= 11 is 0. The van der Waals surface area contributed by atoms with Crippen molar-refractivity contribution in [3.05, 3.63) is 78.7 Å². The van der Waals surface area contributed by atoms with Gasteiger partial charge in [-0.3, -0.25) is 19.6 Å². The highest BCUT2D eigenvalue weighted by atomic mass is 79.9. The molecule has 0 radical (unpaired) electrons. The molecule has 4 heterocycles. The van der Waals surface area contributed by atoms with Crippen molar-refractivity contribution in [2.45, 2.75) is 179 Å². The molecule has 2 aliphatic heterocycles. The van der Waals surface area contributed by atoms with Crippen molar-refractivity contribution in [2.75, 3.05) is 0 Å². The van der Waals surface area contributed by atoms with Crippen molar-refractivity contribution in [1.29, 1.82) is 0 Å². The Morgan fingerprint density at radius 3 is 1.32 bits per heavy atom. The lowest BCUT2D eigenvalue weighted by Gasteiger charge is -2.13. The molecule has 2 aromatic heterocycles. The van der Waals surface area contributed by atoms with E-state index in [1.807, 2.05) is 27.7 Å². The van der Waals surface area contributed by atoms with Gasteiger partial charge in [0, 0.05) is 40.6 Å². The van der Waals surface area contributed by atoms with Crippen molar-refractivity contribution in [1.82, 2.24) is 9.97 Å². The number of nitrogens with zero attached hydrogens (tertiary/aromatic N) is 2. The Kier molecular flexibility index (Phi) is 20.5. The summed E-state index contributed by atoms with van der Waals surface area (Å²) < 4.78 is 11.5. The van der Waals surface area contributed by atoms with Gasteiger partial charge in [0.1, 0.15) is 0 Å². The average Bonchev–Trinajstić information content (AvgIpc) is 3.74. The first kappa shape index (κ1) is 49.9. The first-order valence-corrected chi connectivity index (χ1v) is 20.8. The fourth-order valence-electron chi connectivity index (χ4n) is 7.87. The number of esters is 2. The number of carbonyl (C=O) groups excluding carboxylic acids is 2. The summed E-state index contributed by atoms with van der Waals surface area (Å²) in [5.41, 5.74) is 16.6. The lowest BCUT2D eigenvalue weighted by molar-refractivity contribution is -0.148. The normalized spacial score (nSPS) is 16.5. The lowest BCUT2D eigenvalue weighted by Crippen LogP contribution is -2.17. The maximum absolute atomic E-state index is 12.9. The van der Waals surface area contributed by atoms with Crippen LogP contribution in [0.1, 0.15) is 171 Å². The van der Waals surface area contributed by atoms with Crippen LogP contribution in [-0.2, 0) is 31.9 Å². The second kappa shape index (κ2) is 23.4. The number of hydrogen-bond acceptors (Lipinski definition) is 6. The molecular weight excluding hydrogens is 844 g/mol. The number of rotatable bonds is 20. The predicted molar refractivity (Wildman–Crippen MR) is 249 cm³/mol. The fraction of sp³-hybridized carbons (Fsp3) is 0.574. The summed E-state index contributed by atoms with van der Waals surface area (Å²) in [6.07, 6.45) is 16.5. The minimum Gasteiger partial charge on any atom is -0.462 e. The molecule has 0 aromatic carbocycles. The van der Waals surface area contributed by atoms with E-state index in [0.717, 1.165) is 111 Å². The van der Waals surface area contributed by atoms with Gasteiger partial charge in [0.25, 0.3) is 0 Å². The molecule has 2 atom stereocenters. The Hall–Kier alpha value is -3.24. The van der Waals surface area contributed by atoms with Crippen molar-refractivity contribution in [2.24, 2.45) is 9.98 Å². The van der Waals surface area contributed by atoms with Crippen molar-refractivity contribution < 1.29 is 19.1 Å². The van der Waals surface area contributed by atoms with Crippen LogP contribution in [0.5, 0.6) is 0 Å². The van der Waals surface area contributed by atoms with E-state index in [-0.39, 0.29) is 71.0 Å². The second-order valence-electron chi connectivity index (χ2n) is 16.0. The summed E-state index contributed by atoms with van der Waals surface area (Å²) in [6, 6.07) is 0. The molecule has 57 heavy (non-hydrogen) atoms. The number of aryl methyl sites for hydroxylation is 2. The first-order chi connectivity index (χ1) is 26.1. The molecular formula is C47H70Br2N4O4. The molecule has 0 bridgehead atoms. The zero-order chi connectivity index (χ0) is 40.4. The zero-order valence-corrected chi connectivity index (χ0v) is 40.3. The highest BCUT2D eigenvalue weighted by Gasteiger charge is 2.26. The van der Waals surface area contributed by atoms with Crippen LogP contribution >= 0.6 is 34.0 Å². The average molecular weight is 915 g/mol. The van der Waals surface area contributed by atoms with E-state index in [1.165, 1.54) is 49.7 Å². The van der Waals surface area contributed by atoms with Gasteiger partial charge in [-0.2, -0.15) is 0 Å². The minimum absolute atomic E-state index is 0. The SMILES string of the molecule is Br.Br.CCCCCC[C@@H](C)OC(=O)Cc1c(C)[nH]c(/C=C2\N=C(C)C(CC3=C(C)/C(=C/c4[nH]c(C)c(CC(=O)O[C@H](C)CCCCCC)c4C)N=C3C)=C2C)c1C. The van der Waals surface area contributed by atoms with Gasteiger partial charge >= 0.3 is 11.9 Å². The van der Waals surface area contributed by atoms with Gasteiger partial charge in [-0.05, 0) is 152 Å². The third-order valence-corrected chi connectivity index (χ3v) is 11.5. The molecule has 2 aliphatic rings. The topological polar surface area (TPSA) is 109 Å². The van der Waals surface area contributed by atoms with Gasteiger partial charge in [-0.1, -0.05) is 52.4 Å². The third-order valence-electron chi connectivity index (χ3n) is 11.5. The number of allylic oxidation sites excluding steroid dienone is 4. The van der Waals surface area contributed by atoms with E-state index < -0.39 is 0 Å². The van der Waals surface area contributed by atoms with Gasteiger partial charge in [0.05, 0.1) is 36.4 Å². The van der Waals surface area contributed by atoms with Crippen LogP contribution in [0.25, 0.3) is 12.2 Å². The molecule has 0 unspecified atom stereocenters. The van der Waals surface area contributed by atoms with Crippen LogP contribution < -0.4 is 0 Å². The van der Waals surface area contributed by atoms with Crippen molar-refractivity contribution >= 4 is 69.5 Å². The van der Waals surface area contributed by atoms with Crippen LogP contribution in [0.4, 0.5) is 0 Å². The largest absolute Gasteiger partial charge is 0.462 e. The molecule has 0 saturated heterocycles. The van der Waals surface area contributed by atoms with E-state index in [0.29, 0.717) is 0 Å². The zero-order valence-electron chi connectivity index (χ0n) is 36.8. The summed E-state index contributed by atoms with van der Waals surface area (Å²) in [7, 11) is 0. The number of carbonyl (C=O) groups is 2. The van der Waals surface area contributed by atoms with Gasteiger partial charge in [-0.25, -0.2) is 0 Å². The number of aromatic amines is 2. The summed E-state index contributed by atoms with van der Waals surface area (Å²) in [4.78, 5) is 42.8. The standard InChI is InChI=1S/C47H68N4O4.2BrH/c1-13-15-17-19-21-28(3)54-46(52)24-40-32(7)44(50-36(40)11)26-42-30(5)38(34(9)48-42)23-39-31(6)43(49-35(39)10)27-45-33(8)41(37(12)51-45)25-47(53)55-29(4)22-20-18-16-14-2;;/h26-29,50-51H,13-25H2,1-12H3;2*1H/b42-26-,43-27-;;/t28-,29-;;/m1../s1. The molecule has 316 valence electrons. The van der Waals surface area contributed by atoms with E-state index in [4.69, 9.17) is 19.5 Å². The van der Waals surface area contributed by atoms with Crippen LogP contribution in [-0.4, -0.2) is 45.5 Å². The highest BCUT2D eigenvalue weighted by Crippen LogP contribution is 2.37. The number of aromatic nitrogens is 2. The number of halogens is 2. The maximum Gasteiger partial charge on any atom is 0.310 e. The summed E-state index contributed by atoms with van der Waals surface area (Å²) in [6.45, 7) is 25.0. The Labute approximate surface area is 364 Å². The summed E-state index contributed by atoms with van der Waals surface area (Å²) in [5.74, 6) is -0.349. The Bertz CT molecular complexity index is 1780. The molecule has 8 nitrogen and oxygen atoms in total. The van der Waals surface area contributed by atoms with Crippen LogP contribution in [0.3, 0.4) is 0 Å². The Morgan fingerprint density at radius 1 is 0.596 bits per heavy atom. The molecule has 0 saturated carbocycles. The molecule has 2 aromatic rings. The Morgan fingerprint density at radius 2 is 0.965 bits per heavy atom. The van der Waals surface area contributed by atoms with Gasteiger partial charge in [-0.15, -0.1) is 34.0 Å². The van der Waals surface area contributed by atoms with E-state index in [2.05, 4.69) is 77.5 Å². The number of aliphatic imine (C=N–C) groups is 2. The monoisotopic (exact) mass is 912 g/mol. The number of H-pyrrole nitrogens is 2. The van der Waals surface area contributed by atoms with Crippen LogP contribution in [0.15, 0.2) is 43.7 Å². The van der Waals surface area contributed by atoms with Gasteiger partial charge in [0.2, 0.25) is 0 Å². The molecule has 4 rings (SSSR count). The van der Waals surface area contributed by atoms with Gasteiger partial charge < -0.3 is 19.4 Å². The van der Waals surface area contributed by atoms with Crippen molar-refractivity contribution in [3.63, 3.8) is 0 Å². The first-order valence-electron chi connectivity index (χ1n) is 20.8. The third kappa shape index (κ3) is 13.4. The van der Waals surface area contributed by atoms with Gasteiger partial charge in [0.15, 0.2) is 0 Å². The smallest absolute Gasteiger partial charge is 0.310 e. The number of unbranched alkanes of at least 4 members (excludes halogenated alkanes) is 6. The quantitative estimate of drug-likeness (QED) is 0.102. The highest BCUT2D eigenvalue weighted by molar-refractivity contribution is 8.93. The molecule has 10 heteroatoms. The van der Waals surface area contributed by atoms with Crippen LogP contribution in [0.2, 0.25) is 0 Å². The summed E-state index contributed by atoms with van der Waals surface area (Å²) in [5, 5.41) is 0. The molecule has 2 N–H and O–H groups in total. The lowest BCUT2D eigenvalue weighted by atomic mass is 9.93. The predicted octanol–water partition coefficient (Wildman–Crippen LogP) is 13.0. The van der Waals surface area contributed by atoms with Crippen LogP contribution in [0, 0.1) is 27.7 Å². The molecule has 0 fully saturated rings. The molecule has 0 aliphatic carbocycles. The minimum atomic E-state index is -0.175. The van der Waals surface area contributed by atoms with Crippen molar-refractivity contribution in [3.8, 4) is 0 Å². The maximum atomic E-state index is 12.9. The Balaban J connectivity index is 0.00000561. The number of ether oxygens (including phenoxy) is 2. The van der Waals surface area contributed by atoms with E-state index in [9.17, 15) is 9.59 Å². The molecule has 0 spiro atoms. The number of nitrogens with one attached hydrogen (secondary N) is 2. The second-order valence-corrected chi connectivity index (χ2v) is 16.0. The fourth-order valence-corrected chi connectivity index (χ4v) is 7.87. The molecule has 0 amide bonds. The van der Waals surface area contributed by atoms with E-state index in [1.54, 1.807) is 0 Å². The van der Waals surface area contributed by atoms with E-state index >= 15 is 0 Å². The number of hydrogen-bond donors (Lipinski definition) is 2.